The van der Waals surface area contributed by atoms with Crippen LogP contribution in [-0.4, -0.2) is 18.5 Å². The zero-order valence-corrected chi connectivity index (χ0v) is 9.19. The van der Waals surface area contributed by atoms with Crippen molar-refractivity contribution in [2.45, 2.75) is 33.1 Å². The fourth-order valence-corrected chi connectivity index (χ4v) is 1.67. The van der Waals surface area contributed by atoms with Crippen molar-refractivity contribution < 1.29 is 4.74 Å². The van der Waals surface area contributed by atoms with Gasteiger partial charge in [-0.25, -0.2) is 0 Å². The SMILES string of the molecule is CCCOCCC(CC)CBr. The molecule has 0 radical (unpaired) electrons. The molecule has 0 heterocycles. The molecule has 68 valence electrons. The average Bonchev–Trinajstić information content (AvgIpc) is 2.05. The monoisotopic (exact) mass is 222 g/mol. The lowest BCUT2D eigenvalue weighted by Crippen LogP contribution is -2.05. The number of rotatable bonds is 7. The Morgan fingerprint density at radius 1 is 1.27 bits per heavy atom. The number of hydrogen-bond donors (Lipinski definition) is 0. The number of alkyl halides is 1. The first-order chi connectivity index (χ1) is 5.35. The van der Waals surface area contributed by atoms with Crippen molar-refractivity contribution in [2.75, 3.05) is 18.5 Å². The molecule has 2 heteroatoms. The van der Waals surface area contributed by atoms with Crippen molar-refractivity contribution in [3.8, 4) is 0 Å². The van der Waals surface area contributed by atoms with Gasteiger partial charge in [-0.15, -0.1) is 0 Å². The third kappa shape index (κ3) is 6.82. The highest BCUT2D eigenvalue weighted by molar-refractivity contribution is 9.09. The van der Waals surface area contributed by atoms with Gasteiger partial charge in [0, 0.05) is 18.5 Å². The van der Waals surface area contributed by atoms with Crippen LogP contribution < -0.4 is 0 Å². The fraction of sp³-hybridized carbons (Fsp3) is 1.00. The van der Waals surface area contributed by atoms with Crippen molar-refractivity contribution in [1.82, 2.24) is 0 Å². The summed E-state index contributed by atoms with van der Waals surface area (Å²) in [6.07, 6.45) is 3.58. The first-order valence-corrected chi connectivity index (χ1v) is 5.61. The first kappa shape index (κ1) is 11.4. The topological polar surface area (TPSA) is 9.23 Å². The molecule has 0 fully saturated rings. The van der Waals surface area contributed by atoms with Crippen LogP contribution in [0.5, 0.6) is 0 Å². The van der Waals surface area contributed by atoms with Crippen LogP contribution in [-0.2, 0) is 4.74 Å². The van der Waals surface area contributed by atoms with E-state index in [0.29, 0.717) is 0 Å². The molecule has 0 saturated heterocycles. The molecule has 0 aliphatic heterocycles. The largest absolute Gasteiger partial charge is 0.381 e. The lowest BCUT2D eigenvalue weighted by Gasteiger charge is -2.10. The van der Waals surface area contributed by atoms with Gasteiger partial charge < -0.3 is 4.74 Å². The van der Waals surface area contributed by atoms with E-state index >= 15 is 0 Å². The molecular formula is C9H19BrO. The van der Waals surface area contributed by atoms with Gasteiger partial charge in [0.05, 0.1) is 0 Å². The van der Waals surface area contributed by atoms with E-state index in [9.17, 15) is 0 Å². The van der Waals surface area contributed by atoms with Crippen molar-refractivity contribution in [3.05, 3.63) is 0 Å². The van der Waals surface area contributed by atoms with Crippen molar-refractivity contribution in [3.63, 3.8) is 0 Å². The van der Waals surface area contributed by atoms with Gasteiger partial charge in [-0.2, -0.15) is 0 Å². The molecule has 0 aromatic carbocycles. The van der Waals surface area contributed by atoms with Crippen LogP contribution in [0, 0.1) is 5.92 Å². The van der Waals surface area contributed by atoms with Crippen LogP contribution in [0.15, 0.2) is 0 Å². The summed E-state index contributed by atoms with van der Waals surface area (Å²) in [6, 6.07) is 0. The minimum Gasteiger partial charge on any atom is -0.381 e. The quantitative estimate of drug-likeness (QED) is 0.475. The Morgan fingerprint density at radius 2 is 2.00 bits per heavy atom. The summed E-state index contributed by atoms with van der Waals surface area (Å²) in [4.78, 5) is 0. The van der Waals surface area contributed by atoms with Gasteiger partial charge in [0.25, 0.3) is 0 Å². The number of halogens is 1. The van der Waals surface area contributed by atoms with Crippen LogP contribution in [0.4, 0.5) is 0 Å². The van der Waals surface area contributed by atoms with Gasteiger partial charge in [-0.3, -0.25) is 0 Å². The summed E-state index contributed by atoms with van der Waals surface area (Å²) in [5.41, 5.74) is 0. The van der Waals surface area contributed by atoms with Crippen molar-refractivity contribution in [1.29, 1.82) is 0 Å². The van der Waals surface area contributed by atoms with Crippen molar-refractivity contribution >= 4 is 15.9 Å². The average molecular weight is 223 g/mol. The molecular weight excluding hydrogens is 204 g/mol. The normalized spacial score (nSPS) is 13.4. The van der Waals surface area contributed by atoms with Gasteiger partial charge >= 0.3 is 0 Å². The van der Waals surface area contributed by atoms with E-state index in [1.807, 2.05) is 0 Å². The lowest BCUT2D eigenvalue weighted by atomic mass is 10.1. The molecule has 1 nitrogen and oxygen atoms in total. The Balaban J connectivity index is 3.07. The van der Waals surface area contributed by atoms with Crippen LogP contribution in [0.1, 0.15) is 33.1 Å². The van der Waals surface area contributed by atoms with Gasteiger partial charge in [0.15, 0.2) is 0 Å². The molecule has 1 unspecified atom stereocenters. The molecule has 0 N–H and O–H groups in total. The molecule has 0 amide bonds. The summed E-state index contributed by atoms with van der Waals surface area (Å²) >= 11 is 3.49. The molecule has 0 saturated carbocycles. The maximum Gasteiger partial charge on any atom is 0.0468 e. The minimum absolute atomic E-state index is 0.798. The molecule has 0 spiro atoms. The number of ether oxygens (including phenoxy) is 1. The maximum atomic E-state index is 5.40. The zero-order chi connectivity index (χ0) is 8.53. The lowest BCUT2D eigenvalue weighted by molar-refractivity contribution is 0.122. The summed E-state index contributed by atoms with van der Waals surface area (Å²) < 4.78 is 5.40. The second kappa shape index (κ2) is 8.54. The summed E-state index contributed by atoms with van der Waals surface area (Å²) in [7, 11) is 0. The van der Waals surface area contributed by atoms with E-state index in [1.54, 1.807) is 0 Å². The smallest absolute Gasteiger partial charge is 0.0468 e. The molecule has 0 rings (SSSR count). The Morgan fingerprint density at radius 3 is 2.45 bits per heavy atom. The highest BCUT2D eigenvalue weighted by atomic mass is 79.9. The minimum atomic E-state index is 0.798. The summed E-state index contributed by atoms with van der Waals surface area (Å²) in [5, 5.41) is 1.11. The van der Waals surface area contributed by atoms with E-state index in [2.05, 4.69) is 29.8 Å². The molecule has 0 aliphatic carbocycles. The standard InChI is InChI=1S/C9H19BrO/c1-3-6-11-7-5-9(4-2)8-10/h9H,3-8H2,1-2H3. The Bertz CT molecular complexity index is 72.0. The predicted molar refractivity (Wildman–Crippen MR) is 53.3 cm³/mol. The van der Waals surface area contributed by atoms with Gasteiger partial charge in [-0.05, 0) is 18.8 Å². The second-order valence-electron chi connectivity index (χ2n) is 2.83. The zero-order valence-electron chi connectivity index (χ0n) is 7.61. The van der Waals surface area contributed by atoms with Crippen LogP contribution >= 0.6 is 15.9 Å². The van der Waals surface area contributed by atoms with E-state index in [4.69, 9.17) is 4.74 Å². The van der Waals surface area contributed by atoms with Gasteiger partial charge in [0.2, 0.25) is 0 Å². The predicted octanol–water partition coefficient (Wildman–Crippen LogP) is 3.22. The maximum absolute atomic E-state index is 5.40. The van der Waals surface area contributed by atoms with E-state index in [0.717, 1.165) is 30.9 Å². The second-order valence-corrected chi connectivity index (χ2v) is 3.48. The summed E-state index contributed by atoms with van der Waals surface area (Å²) in [6.45, 7) is 6.21. The molecule has 11 heavy (non-hydrogen) atoms. The third-order valence-electron chi connectivity index (χ3n) is 1.81. The first-order valence-electron chi connectivity index (χ1n) is 4.48. The van der Waals surface area contributed by atoms with Crippen molar-refractivity contribution in [2.24, 2.45) is 5.92 Å². The molecule has 0 aromatic rings. The molecule has 0 aliphatic rings. The van der Waals surface area contributed by atoms with Gasteiger partial charge in [-0.1, -0.05) is 36.2 Å². The van der Waals surface area contributed by atoms with Crippen LogP contribution in [0.25, 0.3) is 0 Å². The Labute approximate surface area is 78.6 Å². The molecule has 0 bridgehead atoms. The highest BCUT2D eigenvalue weighted by Crippen LogP contribution is 2.10. The summed E-state index contributed by atoms with van der Waals surface area (Å²) in [5.74, 6) is 0.798. The number of hydrogen-bond acceptors (Lipinski definition) is 1. The van der Waals surface area contributed by atoms with E-state index in [-0.39, 0.29) is 0 Å². The van der Waals surface area contributed by atoms with Crippen LogP contribution in [0.3, 0.4) is 0 Å². The Hall–Kier alpha value is 0.440. The third-order valence-corrected chi connectivity index (χ3v) is 2.73. The van der Waals surface area contributed by atoms with Crippen LogP contribution in [0.2, 0.25) is 0 Å². The highest BCUT2D eigenvalue weighted by Gasteiger charge is 2.02. The molecule has 1 atom stereocenters. The fourth-order valence-electron chi connectivity index (χ4n) is 0.887. The molecule has 0 aromatic heterocycles. The van der Waals surface area contributed by atoms with E-state index in [1.165, 1.54) is 12.8 Å². The Kier molecular flexibility index (Phi) is 8.88. The van der Waals surface area contributed by atoms with E-state index < -0.39 is 0 Å². The van der Waals surface area contributed by atoms with Gasteiger partial charge in [0.1, 0.15) is 0 Å².